The predicted octanol–water partition coefficient (Wildman–Crippen LogP) is 1.49. The Morgan fingerprint density at radius 1 is 1.61 bits per heavy atom. The standard InChI is InChI=1S/C13H15N3O2/c1-18-13(17)11-4-2-3-7-16(11)12-9-15-6-5-10(12)8-14/h5-6,9,11H,2-4,7H2,1H3. The molecule has 1 aliphatic heterocycles. The fourth-order valence-corrected chi connectivity index (χ4v) is 2.31. The van der Waals surface area contributed by atoms with Crippen molar-refractivity contribution in [3.05, 3.63) is 24.0 Å². The van der Waals surface area contributed by atoms with Crippen molar-refractivity contribution >= 4 is 11.7 Å². The molecule has 0 saturated carbocycles. The van der Waals surface area contributed by atoms with Gasteiger partial charge in [0.25, 0.3) is 0 Å². The second kappa shape index (κ2) is 5.50. The highest BCUT2D eigenvalue weighted by Crippen LogP contribution is 2.27. The Morgan fingerprint density at radius 2 is 2.44 bits per heavy atom. The molecule has 94 valence electrons. The summed E-state index contributed by atoms with van der Waals surface area (Å²) >= 11 is 0. The number of carbonyl (C=O) groups is 1. The van der Waals surface area contributed by atoms with Crippen molar-refractivity contribution in [3.8, 4) is 6.07 Å². The molecule has 0 bridgehead atoms. The van der Waals surface area contributed by atoms with Crippen LogP contribution in [0.1, 0.15) is 24.8 Å². The second-order valence-electron chi connectivity index (χ2n) is 4.23. The summed E-state index contributed by atoms with van der Waals surface area (Å²) < 4.78 is 4.83. The zero-order valence-electron chi connectivity index (χ0n) is 10.3. The number of ether oxygens (including phenoxy) is 1. The summed E-state index contributed by atoms with van der Waals surface area (Å²) in [6.07, 6.45) is 5.98. The highest BCUT2D eigenvalue weighted by atomic mass is 16.5. The van der Waals surface area contributed by atoms with Crippen LogP contribution in [-0.2, 0) is 9.53 Å². The first-order valence-electron chi connectivity index (χ1n) is 5.96. The molecule has 18 heavy (non-hydrogen) atoms. The predicted molar refractivity (Wildman–Crippen MR) is 66.0 cm³/mol. The minimum absolute atomic E-state index is 0.248. The molecule has 0 aliphatic carbocycles. The fraction of sp³-hybridized carbons (Fsp3) is 0.462. The minimum Gasteiger partial charge on any atom is -0.467 e. The van der Waals surface area contributed by atoms with Gasteiger partial charge in [0.05, 0.1) is 24.6 Å². The number of esters is 1. The number of nitriles is 1. The number of nitrogens with zero attached hydrogens (tertiary/aromatic N) is 3. The Bertz CT molecular complexity index is 481. The minimum atomic E-state index is -0.306. The molecule has 0 aromatic carbocycles. The van der Waals surface area contributed by atoms with Gasteiger partial charge in [-0.3, -0.25) is 4.98 Å². The summed E-state index contributed by atoms with van der Waals surface area (Å²) in [4.78, 5) is 17.8. The maximum Gasteiger partial charge on any atom is 0.328 e. The molecule has 1 aromatic rings. The molecular weight excluding hydrogens is 230 g/mol. The Kier molecular flexibility index (Phi) is 3.78. The molecule has 5 nitrogen and oxygen atoms in total. The van der Waals surface area contributed by atoms with E-state index in [9.17, 15) is 4.79 Å². The highest BCUT2D eigenvalue weighted by molar-refractivity contribution is 5.81. The van der Waals surface area contributed by atoms with Gasteiger partial charge < -0.3 is 9.64 Å². The molecule has 1 aliphatic rings. The van der Waals surface area contributed by atoms with Crippen LogP contribution in [0.25, 0.3) is 0 Å². The van der Waals surface area contributed by atoms with E-state index in [-0.39, 0.29) is 12.0 Å². The lowest BCUT2D eigenvalue weighted by Gasteiger charge is -2.35. The lowest BCUT2D eigenvalue weighted by Crippen LogP contribution is -2.45. The molecular formula is C13H15N3O2. The van der Waals surface area contributed by atoms with E-state index in [0.717, 1.165) is 31.5 Å². The smallest absolute Gasteiger partial charge is 0.328 e. The lowest BCUT2D eigenvalue weighted by molar-refractivity contribution is -0.142. The van der Waals surface area contributed by atoms with Gasteiger partial charge in [0.15, 0.2) is 0 Å². The molecule has 2 rings (SSSR count). The number of carbonyl (C=O) groups excluding carboxylic acids is 1. The maximum atomic E-state index is 11.8. The van der Waals surface area contributed by atoms with E-state index < -0.39 is 0 Å². The van der Waals surface area contributed by atoms with Gasteiger partial charge in [-0.15, -0.1) is 0 Å². The number of anilines is 1. The fourth-order valence-electron chi connectivity index (χ4n) is 2.31. The molecule has 5 heteroatoms. The van der Waals surface area contributed by atoms with Gasteiger partial charge in [-0.1, -0.05) is 0 Å². The van der Waals surface area contributed by atoms with Crippen LogP contribution in [0.5, 0.6) is 0 Å². The first-order valence-corrected chi connectivity index (χ1v) is 5.96. The van der Waals surface area contributed by atoms with Gasteiger partial charge in [0.1, 0.15) is 12.1 Å². The first-order chi connectivity index (χ1) is 8.77. The van der Waals surface area contributed by atoms with Gasteiger partial charge in [0.2, 0.25) is 0 Å². The van der Waals surface area contributed by atoms with Gasteiger partial charge in [-0.2, -0.15) is 5.26 Å². The molecule has 1 fully saturated rings. The summed E-state index contributed by atoms with van der Waals surface area (Å²) in [7, 11) is 1.39. The van der Waals surface area contributed by atoms with Crippen LogP contribution in [0.3, 0.4) is 0 Å². The summed E-state index contributed by atoms with van der Waals surface area (Å²) in [6.45, 7) is 0.750. The van der Waals surface area contributed by atoms with Gasteiger partial charge in [-0.25, -0.2) is 4.79 Å². The zero-order valence-corrected chi connectivity index (χ0v) is 10.3. The van der Waals surface area contributed by atoms with Crippen LogP contribution in [0.15, 0.2) is 18.5 Å². The van der Waals surface area contributed by atoms with Crippen LogP contribution in [0.2, 0.25) is 0 Å². The average Bonchev–Trinajstić information content (AvgIpc) is 2.46. The largest absolute Gasteiger partial charge is 0.467 e. The van der Waals surface area contributed by atoms with E-state index in [1.807, 2.05) is 4.90 Å². The van der Waals surface area contributed by atoms with Crippen molar-refractivity contribution in [2.24, 2.45) is 0 Å². The van der Waals surface area contributed by atoms with Crippen molar-refractivity contribution in [1.29, 1.82) is 5.26 Å². The van der Waals surface area contributed by atoms with Gasteiger partial charge >= 0.3 is 5.97 Å². The topological polar surface area (TPSA) is 66.2 Å². The Morgan fingerprint density at radius 3 is 3.17 bits per heavy atom. The van der Waals surface area contributed by atoms with Crippen LogP contribution >= 0.6 is 0 Å². The Hall–Kier alpha value is -2.09. The number of piperidine rings is 1. The third-order valence-electron chi connectivity index (χ3n) is 3.21. The molecule has 0 radical (unpaired) electrons. The number of aromatic nitrogens is 1. The van der Waals surface area contributed by atoms with Gasteiger partial charge in [-0.05, 0) is 25.3 Å². The number of rotatable bonds is 2. The molecule has 1 atom stereocenters. The highest BCUT2D eigenvalue weighted by Gasteiger charge is 2.30. The van der Waals surface area contributed by atoms with Crippen molar-refractivity contribution in [3.63, 3.8) is 0 Å². The van der Waals surface area contributed by atoms with Gasteiger partial charge in [0, 0.05) is 12.7 Å². The van der Waals surface area contributed by atoms with Crippen LogP contribution in [0.4, 0.5) is 5.69 Å². The van der Waals surface area contributed by atoms with E-state index in [4.69, 9.17) is 10.00 Å². The molecule has 0 spiro atoms. The number of methoxy groups -OCH3 is 1. The molecule has 2 heterocycles. The van der Waals surface area contributed by atoms with E-state index in [2.05, 4.69) is 11.1 Å². The summed E-state index contributed by atoms with van der Waals surface area (Å²) in [5.41, 5.74) is 1.26. The number of hydrogen-bond donors (Lipinski definition) is 0. The summed E-state index contributed by atoms with van der Waals surface area (Å²) in [6, 6.07) is 3.50. The molecule has 0 amide bonds. The lowest BCUT2D eigenvalue weighted by atomic mass is 10.0. The molecule has 1 aromatic heterocycles. The monoisotopic (exact) mass is 245 g/mol. The third kappa shape index (κ3) is 2.28. The Labute approximate surface area is 106 Å². The third-order valence-corrected chi connectivity index (χ3v) is 3.21. The number of pyridine rings is 1. The van der Waals surface area contributed by atoms with Crippen molar-refractivity contribution < 1.29 is 9.53 Å². The Balaban J connectivity index is 2.34. The average molecular weight is 245 g/mol. The summed E-state index contributed by atoms with van der Waals surface area (Å²) in [5, 5.41) is 9.11. The second-order valence-corrected chi connectivity index (χ2v) is 4.23. The van der Waals surface area contributed by atoms with Crippen LogP contribution in [-0.4, -0.2) is 30.6 Å². The molecule has 1 unspecified atom stereocenters. The zero-order chi connectivity index (χ0) is 13.0. The van der Waals surface area contributed by atoms with E-state index >= 15 is 0 Å². The SMILES string of the molecule is COC(=O)C1CCCCN1c1cnccc1C#N. The van der Waals surface area contributed by atoms with Crippen molar-refractivity contribution in [2.45, 2.75) is 25.3 Å². The summed E-state index contributed by atoms with van der Waals surface area (Å²) in [5.74, 6) is -0.248. The molecule has 0 N–H and O–H groups in total. The quantitative estimate of drug-likeness (QED) is 0.738. The number of hydrogen-bond acceptors (Lipinski definition) is 5. The maximum absolute atomic E-state index is 11.8. The van der Waals surface area contributed by atoms with E-state index in [1.165, 1.54) is 7.11 Å². The van der Waals surface area contributed by atoms with E-state index in [1.54, 1.807) is 18.5 Å². The molecule has 1 saturated heterocycles. The normalized spacial score (nSPS) is 19.1. The van der Waals surface area contributed by atoms with Crippen molar-refractivity contribution in [2.75, 3.05) is 18.6 Å². The van der Waals surface area contributed by atoms with Crippen LogP contribution in [0, 0.1) is 11.3 Å². The van der Waals surface area contributed by atoms with Crippen molar-refractivity contribution in [1.82, 2.24) is 4.98 Å². The van der Waals surface area contributed by atoms with Crippen LogP contribution < -0.4 is 4.90 Å². The first kappa shape index (κ1) is 12.4. The van der Waals surface area contributed by atoms with E-state index in [0.29, 0.717) is 5.56 Å².